The predicted octanol–water partition coefficient (Wildman–Crippen LogP) is 3.34. The summed E-state index contributed by atoms with van der Waals surface area (Å²) < 4.78 is 31.4. The number of hydrogen-bond donors (Lipinski definition) is 0. The molecule has 2 saturated heterocycles. The number of benzene rings is 1. The zero-order valence-electron chi connectivity index (χ0n) is 23.0. The van der Waals surface area contributed by atoms with Crippen molar-refractivity contribution >= 4 is 27.5 Å². The number of nitrogens with zero attached hydrogens (tertiary/aromatic N) is 5. The molecular formula is C28H38ClN5O4S. The lowest BCUT2D eigenvalue weighted by molar-refractivity contribution is 0.0542. The number of carbonyl (C=O) groups excluding carboxylic acids is 1. The van der Waals surface area contributed by atoms with Crippen LogP contribution in [0.1, 0.15) is 59.4 Å². The summed E-state index contributed by atoms with van der Waals surface area (Å²) in [4.78, 5) is 26.7. The van der Waals surface area contributed by atoms with E-state index in [1.807, 2.05) is 30.0 Å². The van der Waals surface area contributed by atoms with Crippen LogP contribution in [0.5, 0.6) is 5.75 Å². The molecule has 0 aliphatic carbocycles. The molecular weight excluding hydrogens is 538 g/mol. The minimum Gasteiger partial charge on any atom is -0.490 e. The van der Waals surface area contributed by atoms with E-state index in [1.54, 1.807) is 7.05 Å². The number of rotatable bonds is 7. The fourth-order valence-corrected chi connectivity index (χ4v) is 7.12. The van der Waals surface area contributed by atoms with E-state index in [0.29, 0.717) is 31.2 Å². The maximum atomic E-state index is 13.4. The number of amides is 1. The van der Waals surface area contributed by atoms with Crippen LogP contribution in [0, 0.1) is 6.92 Å². The smallest absolute Gasteiger partial charge is 0.272 e. The Morgan fingerprint density at radius 1 is 1.13 bits per heavy atom. The normalized spacial score (nSPS) is 21.3. The molecule has 2 fully saturated rings. The zero-order chi connectivity index (χ0) is 27.7. The summed E-state index contributed by atoms with van der Waals surface area (Å²) in [7, 11) is -1.49. The number of fused-ring (bicyclic) bond motifs is 1. The molecule has 1 amide bonds. The summed E-state index contributed by atoms with van der Waals surface area (Å²) in [5, 5.41) is 0.721. The number of aromatic nitrogens is 2. The Balaban J connectivity index is 1.12. The van der Waals surface area contributed by atoms with Crippen molar-refractivity contribution in [1.82, 2.24) is 24.1 Å². The van der Waals surface area contributed by atoms with E-state index in [4.69, 9.17) is 16.3 Å². The third-order valence-electron chi connectivity index (χ3n) is 8.66. The predicted molar refractivity (Wildman–Crippen MR) is 151 cm³/mol. The second kappa shape index (κ2) is 11.7. The summed E-state index contributed by atoms with van der Waals surface area (Å²) in [6.45, 7) is 5.11. The molecule has 39 heavy (non-hydrogen) atoms. The topological polar surface area (TPSA) is 95.9 Å². The van der Waals surface area contributed by atoms with Gasteiger partial charge in [0.05, 0.1) is 6.26 Å². The maximum Gasteiger partial charge on any atom is 0.272 e. The number of hydrogen-bond acceptors (Lipinski definition) is 7. The Bertz CT molecular complexity index is 1310. The highest BCUT2D eigenvalue weighted by Crippen LogP contribution is 2.33. The van der Waals surface area contributed by atoms with Crippen LogP contribution < -0.4 is 4.74 Å². The number of halogens is 1. The van der Waals surface area contributed by atoms with Crippen LogP contribution in [-0.2, 0) is 22.9 Å². The van der Waals surface area contributed by atoms with Gasteiger partial charge in [-0.2, -0.15) is 0 Å². The molecule has 3 aliphatic heterocycles. The minimum atomic E-state index is -3.17. The molecule has 0 spiro atoms. The quantitative estimate of drug-likeness (QED) is 0.499. The first-order valence-electron chi connectivity index (χ1n) is 13.8. The first kappa shape index (κ1) is 28.3. The van der Waals surface area contributed by atoms with Crippen LogP contribution in [0.2, 0.25) is 5.02 Å². The fourth-order valence-electron chi connectivity index (χ4n) is 6.17. The molecule has 0 radical (unpaired) electrons. The summed E-state index contributed by atoms with van der Waals surface area (Å²) in [5.74, 6) is 0.871. The second-order valence-corrected chi connectivity index (χ2v) is 13.6. The van der Waals surface area contributed by atoms with Crippen molar-refractivity contribution in [1.29, 1.82) is 0 Å². The average molecular weight is 576 g/mol. The monoisotopic (exact) mass is 575 g/mol. The molecule has 0 bridgehead atoms. The number of piperidine rings is 2. The van der Waals surface area contributed by atoms with Crippen molar-refractivity contribution in [2.45, 2.75) is 70.1 Å². The Hall–Kier alpha value is -2.27. The van der Waals surface area contributed by atoms with Gasteiger partial charge >= 0.3 is 0 Å². The van der Waals surface area contributed by atoms with Crippen molar-refractivity contribution in [3.63, 3.8) is 0 Å². The minimum absolute atomic E-state index is 0.0257. The molecule has 1 atom stereocenters. The lowest BCUT2D eigenvalue weighted by Crippen LogP contribution is -2.52. The number of likely N-dealkylation sites (tertiary alicyclic amines) is 2. The van der Waals surface area contributed by atoms with E-state index in [-0.39, 0.29) is 18.1 Å². The molecule has 1 aromatic heterocycles. The molecule has 3 aliphatic rings. The standard InChI is InChI=1S/C28H38ClN5O4S/c1-19-25(6-5-24-17-20-16-21(29)4-7-26(20)38-24)30-18-31-27(19)28(35)34-14-10-23(11-15-34)33-12-8-22(9-13-33)32(2)39(3,36)37/h4,7,16,18,22-24H,5-6,8-15,17H2,1-3H3. The third kappa shape index (κ3) is 6.39. The van der Waals surface area contributed by atoms with Crippen LogP contribution in [0.3, 0.4) is 0 Å². The summed E-state index contributed by atoms with van der Waals surface area (Å²) in [5.41, 5.74) is 3.37. The van der Waals surface area contributed by atoms with Gasteiger partial charge in [-0.25, -0.2) is 22.7 Å². The molecule has 1 unspecified atom stereocenters. The summed E-state index contributed by atoms with van der Waals surface area (Å²) >= 11 is 6.12. The van der Waals surface area contributed by atoms with Gasteiger partial charge in [0.2, 0.25) is 10.0 Å². The fraction of sp³-hybridized carbons (Fsp3) is 0.607. The molecule has 11 heteroatoms. The maximum absolute atomic E-state index is 13.4. The van der Waals surface area contributed by atoms with Gasteiger partial charge < -0.3 is 14.5 Å². The zero-order valence-corrected chi connectivity index (χ0v) is 24.5. The van der Waals surface area contributed by atoms with E-state index in [2.05, 4.69) is 14.9 Å². The van der Waals surface area contributed by atoms with E-state index in [0.717, 1.165) is 79.2 Å². The van der Waals surface area contributed by atoms with Crippen molar-refractivity contribution < 1.29 is 17.9 Å². The van der Waals surface area contributed by atoms with Gasteiger partial charge in [0.15, 0.2) is 0 Å². The highest BCUT2D eigenvalue weighted by molar-refractivity contribution is 7.88. The lowest BCUT2D eigenvalue weighted by atomic mass is 9.97. The molecule has 5 rings (SSSR count). The number of carbonyl (C=O) groups is 1. The van der Waals surface area contributed by atoms with Gasteiger partial charge in [0.1, 0.15) is 23.9 Å². The SMILES string of the molecule is Cc1c(CCC2Cc3cc(Cl)ccc3O2)ncnc1C(=O)N1CCC(N2CCC(N(C)S(C)(=O)=O)CC2)CC1. The molecule has 0 N–H and O–H groups in total. The van der Waals surface area contributed by atoms with Gasteiger partial charge in [-0.05, 0) is 82.3 Å². The summed E-state index contributed by atoms with van der Waals surface area (Å²) in [6.07, 6.45) is 8.72. The molecule has 1 aromatic carbocycles. The molecule has 0 saturated carbocycles. The molecule has 2 aromatic rings. The van der Waals surface area contributed by atoms with Gasteiger partial charge in [0.25, 0.3) is 5.91 Å². The highest BCUT2D eigenvalue weighted by atomic mass is 35.5. The Labute approximate surface area is 236 Å². The molecule has 212 valence electrons. The third-order valence-corrected chi connectivity index (χ3v) is 10.2. The Kier molecular flexibility index (Phi) is 8.47. The van der Waals surface area contributed by atoms with Crippen LogP contribution >= 0.6 is 11.6 Å². The first-order valence-corrected chi connectivity index (χ1v) is 16.0. The van der Waals surface area contributed by atoms with Gasteiger partial charge in [-0.1, -0.05) is 11.6 Å². The van der Waals surface area contributed by atoms with Gasteiger partial charge in [-0.3, -0.25) is 4.79 Å². The van der Waals surface area contributed by atoms with E-state index in [1.165, 1.54) is 16.9 Å². The Morgan fingerprint density at radius 3 is 2.54 bits per heavy atom. The summed E-state index contributed by atoms with van der Waals surface area (Å²) in [6, 6.07) is 6.23. The van der Waals surface area contributed by atoms with Crippen LogP contribution in [0.15, 0.2) is 24.5 Å². The second-order valence-electron chi connectivity index (χ2n) is 11.1. The van der Waals surface area contributed by atoms with E-state index in [9.17, 15) is 13.2 Å². The Morgan fingerprint density at radius 2 is 1.85 bits per heavy atom. The largest absolute Gasteiger partial charge is 0.490 e. The van der Waals surface area contributed by atoms with E-state index < -0.39 is 10.0 Å². The van der Waals surface area contributed by atoms with Crippen LogP contribution in [-0.4, -0.2) is 96.1 Å². The van der Waals surface area contributed by atoms with Crippen molar-refractivity contribution in [2.75, 3.05) is 39.5 Å². The van der Waals surface area contributed by atoms with Crippen LogP contribution in [0.4, 0.5) is 0 Å². The van der Waals surface area contributed by atoms with Crippen molar-refractivity contribution in [3.05, 3.63) is 52.1 Å². The van der Waals surface area contributed by atoms with Gasteiger partial charge in [-0.15, -0.1) is 0 Å². The first-order chi connectivity index (χ1) is 18.6. The number of aryl methyl sites for hydroxylation is 1. The molecule has 4 heterocycles. The highest BCUT2D eigenvalue weighted by Gasteiger charge is 2.33. The van der Waals surface area contributed by atoms with Crippen molar-refractivity contribution in [3.8, 4) is 5.75 Å². The number of sulfonamides is 1. The lowest BCUT2D eigenvalue weighted by Gasteiger charge is -2.43. The average Bonchev–Trinajstić information content (AvgIpc) is 3.33. The molecule has 9 nitrogen and oxygen atoms in total. The number of ether oxygens (including phenoxy) is 1. The van der Waals surface area contributed by atoms with E-state index >= 15 is 0 Å². The van der Waals surface area contributed by atoms with Crippen molar-refractivity contribution in [2.24, 2.45) is 0 Å². The van der Waals surface area contributed by atoms with Crippen LogP contribution in [0.25, 0.3) is 0 Å². The van der Waals surface area contributed by atoms with Gasteiger partial charge in [0, 0.05) is 54.9 Å².